The lowest BCUT2D eigenvalue weighted by Gasteiger charge is -2.31. The smallest absolute Gasteiger partial charge is 0.251 e. The lowest BCUT2D eigenvalue weighted by Crippen LogP contribution is -2.39. The molecule has 1 heterocycles. The number of aliphatic hydroxyl groups is 1. The number of ether oxygens (including phenoxy) is 1. The first kappa shape index (κ1) is 19.4. The van der Waals surface area contributed by atoms with Crippen molar-refractivity contribution in [3.63, 3.8) is 0 Å². The number of aliphatic hydroxyl groups excluding tert-OH is 1. The van der Waals surface area contributed by atoms with E-state index in [9.17, 15) is 4.79 Å². The van der Waals surface area contributed by atoms with Crippen LogP contribution in [-0.4, -0.2) is 28.6 Å². The van der Waals surface area contributed by atoms with E-state index in [-0.39, 0.29) is 18.6 Å². The third kappa shape index (κ3) is 5.31. The fourth-order valence-electron chi connectivity index (χ4n) is 3.31. The summed E-state index contributed by atoms with van der Waals surface area (Å²) >= 11 is 5.82. The van der Waals surface area contributed by atoms with E-state index in [4.69, 9.17) is 21.4 Å². The van der Waals surface area contributed by atoms with Crippen molar-refractivity contribution in [1.82, 2.24) is 10.3 Å². The van der Waals surface area contributed by atoms with Crippen molar-refractivity contribution < 1.29 is 14.6 Å². The second-order valence-corrected chi connectivity index (χ2v) is 7.23. The molecule has 5 nitrogen and oxygen atoms in total. The predicted octanol–water partition coefficient (Wildman–Crippen LogP) is 4.36. The Bertz CT molecular complexity index is 807. The van der Waals surface area contributed by atoms with Gasteiger partial charge < -0.3 is 15.2 Å². The largest absolute Gasteiger partial charge is 0.439 e. The molecule has 1 aromatic heterocycles. The van der Waals surface area contributed by atoms with Gasteiger partial charge in [0.05, 0.1) is 11.1 Å². The number of nitrogens with zero attached hydrogens (tertiary/aromatic N) is 1. The number of halogens is 1. The van der Waals surface area contributed by atoms with E-state index in [0.29, 0.717) is 28.1 Å². The lowest BCUT2D eigenvalue weighted by molar-refractivity contribution is 0.0933. The highest BCUT2D eigenvalue weighted by Gasteiger charge is 2.25. The van der Waals surface area contributed by atoms with E-state index in [1.807, 2.05) is 0 Å². The molecule has 0 aliphatic heterocycles. The number of nitrogens with one attached hydrogen (secondary N) is 1. The second kappa shape index (κ2) is 9.02. The van der Waals surface area contributed by atoms with Gasteiger partial charge in [0, 0.05) is 24.4 Å². The van der Waals surface area contributed by atoms with Crippen molar-refractivity contribution >= 4 is 17.5 Å². The van der Waals surface area contributed by atoms with Gasteiger partial charge >= 0.3 is 0 Å². The molecule has 0 saturated heterocycles. The van der Waals surface area contributed by atoms with Crippen molar-refractivity contribution in [3.05, 3.63) is 65.3 Å². The van der Waals surface area contributed by atoms with Crippen molar-refractivity contribution in [2.24, 2.45) is 5.92 Å². The molecule has 2 atom stereocenters. The minimum Gasteiger partial charge on any atom is -0.439 e. The van der Waals surface area contributed by atoms with E-state index in [2.05, 4.69) is 16.9 Å². The summed E-state index contributed by atoms with van der Waals surface area (Å²) in [5.74, 6) is 1.24. The van der Waals surface area contributed by atoms with Crippen LogP contribution in [0.15, 0.2) is 54.7 Å². The van der Waals surface area contributed by atoms with Crippen LogP contribution in [0.1, 0.15) is 36.0 Å². The number of amides is 1. The summed E-state index contributed by atoms with van der Waals surface area (Å²) < 4.78 is 5.69. The molecule has 0 bridgehead atoms. The van der Waals surface area contributed by atoms with Crippen LogP contribution < -0.4 is 10.1 Å². The summed E-state index contributed by atoms with van der Waals surface area (Å²) in [4.78, 5) is 16.7. The van der Waals surface area contributed by atoms with Crippen LogP contribution in [0.3, 0.4) is 0 Å². The molecule has 1 saturated carbocycles. The van der Waals surface area contributed by atoms with E-state index < -0.39 is 0 Å². The van der Waals surface area contributed by atoms with Crippen LogP contribution in [0.2, 0.25) is 5.02 Å². The Balaban J connectivity index is 1.62. The Hall–Kier alpha value is -2.37. The van der Waals surface area contributed by atoms with Crippen molar-refractivity contribution in [1.29, 1.82) is 0 Å². The Morgan fingerprint density at radius 2 is 2.19 bits per heavy atom. The average Bonchev–Trinajstić information content (AvgIpc) is 2.66. The molecule has 2 aromatic rings. The zero-order valence-corrected chi connectivity index (χ0v) is 15.8. The van der Waals surface area contributed by atoms with Gasteiger partial charge in [0.2, 0.25) is 5.88 Å². The van der Waals surface area contributed by atoms with E-state index in [1.54, 1.807) is 36.4 Å². The van der Waals surface area contributed by atoms with Crippen LogP contribution in [-0.2, 0) is 0 Å². The quantitative estimate of drug-likeness (QED) is 0.723. The van der Waals surface area contributed by atoms with Crippen molar-refractivity contribution in [2.45, 2.75) is 31.7 Å². The number of rotatable bonds is 6. The van der Waals surface area contributed by atoms with E-state index >= 15 is 0 Å². The maximum Gasteiger partial charge on any atom is 0.251 e. The van der Waals surface area contributed by atoms with Crippen molar-refractivity contribution in [2.75, 3.05) is 6.61 Å². The molecule has 1 fully saturated rings. The molecule has 2 N–H and O–H groups in total. The van der Waals surface area contributed by atoms with E-state index in [0.717, 1.165) is 31.3 Å². The molecule has 1 aliphatic rings. The summed E-state index contributed by atoms with van der Waals surface area (Å²) in [5.41, 5.74) is 1.54. The maximum absolute atomic E-state index is 12.6. The van der Waals surface area contributed by atoms with Crippen molar-refractivity contribution in [3.8, 4) is 11.6 Å². The standard InChI is InChI=1S/C21H23ClN2O3/c1-14-11-15(9-10-25)5-7-19(14)24-21(26)16-3-2-4-18(12-16)27-20-8-6-17(22)13-23-20/h2-4,6,8,12-13,15,19,25H,1,5,7,9-11H2,(H,24,26). The number of carbonyl (C=O) groups excluding carboxylic acids is 1. The zero-order chi connectivity index (χ0) is 19.2. The first-order valence-electron chi connectivity index (χ1n) is 9.04. The first-order chi connectivity index (χ1) is 13.0. The van der Waals surface area contributed by atoms with Gasteiger partial charge in [-0.05, 0) is 55.9 Å². The molecular formula is C21H23ClN2O3. The van der Waals surface area contributed by atoms with Gasteiger partial charge in [0.1, 0.15) is 5.75 Å². The zero-order valence-electron chi connectivity index (χ0n) is 15.0. The molecular weight excluding hydrogens is 364 g/mol. The van der Waals surface area contributed by atoms with Gasteiger partial charge in [-0.15, -0.1) is 0 Å². The normalized spacial score (nSPS) is 19.6. The predicted molar refractivity (Wildman–Crippen MR) is 105 cm³/mol. The van der Waals surface area contributed by atoms with Gasteiger partial charge in [-0.3, -0.25) is 4.79 Å². The topological polar surface area (TPSA) is 71.5 Å². The monoisotopic (exact) mass is 386 g/mol. The van der Waals surface area contributed by atoms with Crippen LogP contribution in [0.4, 0.5) is 0 Å². The molecule has 0 radical (unpaired) electrons. The Morgan fingerprint density at radius 1 is 1.33 bits per heavy atom. The minimum atomic E-state index is -0.156. The molecule has 2 unspecified atom stereocenters. The SMILES string of the molecule is C=C1CC(CCO)CCC1NC(=O)c1cccc(Oc2ccc(Cl)cn2)c1. The maximum atomic E-state index is 12.6. The fraction of sp³-hybridized carbons (Fsp3) is 0.333. The summed E-state index contributed by atoms with van der Waals surface area (Å²) in [5, 5.41) is 12.7. The highest BCUT2D eigenvalue weighted by Crippen LogP contribution is 2.30. The minimum absolute atomic E-state index is 0.0325. The third-order valence-corrected chi connectivity index (χ3v) is 4.99. The van der Waals surface area contributed by atoms with E-state index in [1.165, 1.54) is 6.20 Å². The summed E-state index contributed by atoms with van der Waals surface area (Å²) in [6.45, 7) is 4.31. The Labute approximate surface area is 164 Å². The number of pyridine rings is 1. The van der Waals surface area contributed by atoms with Crippen LogP contribution in [0, 0.1) is 5.92 Å². The van der Waals surface area contributed by atoms with Gasteiger partial charge in [0.15, 0.2) is 0 Å². The molecule has 1 aromatic carbocycles. The Kier molecular flexibility index (Phi) is 6.48. The number of hydrogen-bond donors (Lipinski definition) is 2. The molecule has 3 rings (SSSR count). The van der Waals surface area contributed by atoms with Crippen LogP contribution >= 0.6 is 11.6 Å². The highest BCUT2D eigenvalue weighted by molar-refractivity contribution is 6.30. The average molecular weight is 387 g/mol. The summed E-state index contributed by atoms with van der Waals surface area (Å²) in [6, 6.07) is 10.3. The number of hydrogen-bond acceptors (Lipinski definition) is 4. The molecule has 142 valence electrons. The van der Waals surface area contributed by atoms with Gasteiger partial charge in [-0.2, -0.15) is 0 Å². The Morgan fingerprint density at radius 3 is 2.89 bits per heavy atom. The van der Waals surface area contributed by atoms with Gasteiger partial charge in [-0.1, -0.05) is 29.8 Å². The lowest BCUT2D eigenvalue weighted by atomic mass is 9.81. The van der Waals surface area contributed by atoms with Gasteiger partial charge in [0.25, 0.3) is 5.91 Å². The van der Waals surface area contributed by atoms with Gasteiger partial charge in [-0.25, -0.2) is 4.98 Å². The number of aromatic nitrogens is 1. The highest BCUT2D eigenvalue weighted by atomic mass is 35.5. The number of carbonyl (C=O) groups is 1. The molecule has 1 amide bonds. The summed E-state index contributed by atoms with van der Waals surface area (Å²) in [6.07, 6.45) is 4.97. The summed E-state index contributed by atoms with van der Waals surface area (Å²) in [7, 11) is 0. The molecule has 27 heavy (non-hydrogen) atoms. The second-order valence-electron chi connectivity index (χ2n) is 6.79. The molecule has 1 aliphatic carbocycles. The van der Waals surface area contributed by atoms with Crippen LogP contribution in [0.5, 0.6) is 11.6 Å². The first-order valence-corrected chi connectivity index (χ1v) is 9.42. The van der Waals surface area contributed by atoms with Crippen LogP contribution in [0.25, 0.3) is 0 Å². The fourth-order valence-corrected chi connectivity index (χ4v) is 3.42. The number of benzene rings is 1. The molecule has 0 spiro atoms. The molecule has 6 heteroatoms. The third-order valence-electron chi connectivity index (χ3n) is 4.77.